The van der Waals surface area contributed by atoms with Crippen LogP contribution in [0.5, 0.6) is 0 Å². The molecule has 0 aliphatic heterocycles. The second kappa shape index (κ2) is 6.78. The van der Waals surface area contributed by atoms with E-state index in [9.17, 15) is 4.79 Å². The summed E-state index contributed by atoms with van der Waals surface area (Å²) >= 11 is 1.62. The fourth-order valence-electron chi connectivity index (χ4n) is 2.16. The van der Waals surface area contributed by atoms with Crippen LogP contribution in [-0.2, 0) is 16.1 Å². The Morgan fingerprint density at radius 1 is 1.14 bits per heavy atom. The van der Waals surface area contributed by atoms with Gasteiger partial charge in [-0.1, -0.05) is 60.2 Å². The van der Waals surface area contributed by atoms with Gasteiger partial charge in [0, 0.05) is 11.5 Å². The molecule has 1 unspecified atom stereocenters. The molecule has 1 amide bonds. The molecule has 0 radical (unpaired) electrons. The maximum Gasteiger partial charge on any atom is 0.242 e. The average molecular weight is 300 g/mol. The van der Waals surface area contributed by atoms with Crippen LogP contribution in [0.4, 0.5) is 0 Å². The number of aryl methyl sites for hydroxylation is 1. The van der Waals surface area contributed by atoms with E-state index in [0.29, 0.717) is 5.75 Å². The lowest BCUT2D eigenvalue weighted by atomic mass is 9.92. The Balaban J connectivity index is 2.06. The molecular weight excluding hydrogens is 280 g/mol. The van der Waals surface area contributed by atoms with Crippen molar-refractivity contribution in [2.45, 2.75) is 18.2 Å². The van der Waals surface area contributed by atoms with Crippen molar-refractivity contribution in [3.8, 4) is 0 Å². The Hall–Kier alpha value is -1.78. The third-order valence-electron chi connectivity index (χ3n) is 3.41. The number of hydrogen-bond acceptors (Lipinski definition) is 3. The molecule has 2 aromatic carbocycles. The number of amides is 1. The van der Waals surface area contributed by atoms with Crippen molar-refractivity contribution in [2.75, 3.05) is 5.75 Å². The molecule has 0 aromatic heterocycles. The quantitative estimate of drug-likeness (QED) is 0.861. The van der Waals surface area contributed by atoms with Crippen LogP contribution in [0.15, 0.2) is 54.6 Å². The van der Waals surface area contributed by atoms with E-state index < -0.39 is 11.4 Å². The minimum absolute atomic E-state index is 0.459. The highest BCUT2D eigenvalue weighted by Gasteiger charge is 2.33. The number of primary amides is 1. The van der Waals surface area contributed by atoms with Gasteiger partial charge in [-0.3, -0.25) is 4.79 Å². The third kappa shape index (κ3) is 3.86. The first kappa shape index (κ1) is 15.6. The molecule has 4 N–H and O–H groups in total. The average Bonchev–Trinajstić information content (AvgIpc) is 2.48. The predicted octanol–water partition coefficient (Wildman–Crippen LogP) is 2.57. The standard InChI is InChI=1S/C17H20N2OS/c1-13-6-5-7-14(10-13)11-21-12-17(19,16(18)20)15-8-3-2-4-9-15/h2-10H,11-12,19H2,1H3,(H2,18,20). The van der Waals surface area contributed by atoms with E-state index >= 15 is 0 Å². The van der Waals surface area contributed by atoms with Crippen LogP contribution in [0.3, 0.4) is 0 Å². The van der Waals surface area contributed by atoms with Gasteiger partial charge in [0.1, 0.15) is 5.54 Å². The molecule has 2 aromatic rings. The topological polar surface area (TPSA) is 69.1 Å². The van der Waals surface area contributed by atoms with Crippen molar-refractivity contribution in [1.82, 2.24) is 0 Å². The van der Waals surface area contributed by atoms with Gasteiger partial charge in [0.05, 0.1) is 0 Å². The SMILES string of the molecule is Cc1cccc(CSCC(N)(C(N)=O)c2ccccc2)c1. The van der Waals surface area contributed by atoms with Crippen LogP contribution in [-0.4, -0.2) is 11.7 Å². The number of carbonyl (C=O) groups is 1. The highest BCUT2D eigenvalue weighted by Crippen LogP contribution is 2.25. The maximum absolute atomic E-state index is 11.8. The second-order valence-electron chi connectivity index (χ2n) is 5.18. The number of rotatable bonds is 6. The van der Waals surface area contributed by atoms with Gasteiger partial charge in [-0.15, -0.1) is 0 Å². The zero-order valence-corrected chi connectivity index (χ0v) is 12.9. The number of benzene rings is 2. The zero-order valence-electron chi connectivity index (χ0n) is 12.1. The molecular formula is C17H20N2OS. The van der Waals surface area contributed by atoms with Gasteiger partial charge in [0.15, 0.2) is 0 Å². The Morgan fingerprint density at radius 3 is 2.48 bits per heavy atom. The summed E-state index contributed by atoms with van der Waals surface area (Å²) in [7, 11) is 0. The molecule has 0 fully saturated rings. The summed E-state index contributed by atoms with van der Waals surface area (Å²) in [5, 5.41) is 0. The maximum atomic E-state index is 11.8. The van der Waals surface area contributed by atoms with E-state index in [1.165, 1.54) is 11.1 Å². The first-order valence-electron chi connectivity index (χ1n) is 6.80. The van der Waals surface area contributed by atoms with Gasteiger partial charge in [0.25, 0.3) is 0 Å². The van der Waals surface area contributed by atoms with Crippen LogP contribution in [0, 0.1) is 6.92 Å². The Bertz CT molecular complexity index is 615. The summed E-state index contributed by atoms with van der Waals surface area (Å²) in [5.74, 6) is 0.770. The molecule has 0 saturated carbocycles. The van der Waals surface area contributed by atoms with Crippen molar-refractivity contribution in [1.29, 1.82) is 0 Å². The molecule has 0 aliphatic rings. The predicted molar refractivity (Wildman–Crippen MR) is 88.8 cm³/mol. The summed E-state index contributed by atoms with van der Waals surface area (Å²) in [5.41, 5.74) is 13.9. The highest BCUT2D eigenvalue weighted by atomic mass is 32.2. The van der Waals surface area contributed by atoms with E-state index in [-0.39, 0.29) is 0 Å². The van der Waals surface area contributed by atoms with E-state index in [0.717, 1.165) is 11.3 Å². The molecule has 0 spiro atoms. The summed E-state index contributed by atoms with van der Waals surface area (Å²) in [6, 6.07) is 17.6. The molecule has 21 heavy (non-hydrogen) atoms. The summed E-state index contributed by atoms with van der Waals surface area (Å²) in [6.45, 7) is 2.06. The van der Waals surface area contributed by atoms with E-state index in [1.54, 1.807) is 11.8 Å². The fourth-order valence-corrected chi connectivity index (χ4v) is 3.31. The largest absolute Gasteiger partial charge is 0.368 e. The molecule has 1 atom stereocenters. The van der Waals surface area contributed by atoms with Gasteiger partial charge >= 0.3 is 0 Å². The zero-order chi connectivity index (χ0) is 15.3. The molecule has 0 bridgehead atoms. The first-order valence-corrected chi connectivity index (χ1v) is 7.95. The molecule has 0 saturated heterocycles. The molecule has 3 nitrogen and oxygen atoms in total. The lowest BCUT2D eigenvalue weighted by molar-refractivity contribution is -0.122. The first-order chi connectivity index (χ1) is 10.0. The van der Waals surface area contributed by atoms with Gasteiger partial charge in [-0.25, -0.2) is 0 Å². The fraction of sp³-hybridized carbons (Fsp3) is 0.235. The summed E-state index contributed by atoms with van der Waals surface area (Å²) in [6.07, 6.45) is 0. The van der Waals surface area contributed by atoms with Crippen molar-refractivity contribution in [2.24, 2.45) is 11.5 Å². The van der Waals surface area contributed by atoms with Crippen molar-refractivity contribution >= 4 is 17.7 Å². The van der Waals surface area contributed by atoms with Crippen LogP contribution < -0.4 is 11.5 Å². The molecule has 4 heteroatoms. The van der Waals surface area contributed by atoms with Crippen molar-refractivity contribution in [3.05, 3.63) is 71.3 Å². The smallest absolute Gasteiger partial charge is 0.242 e. The van der Waals surface area contributed by atoms with Gasteiger partial charge in [-0.05, 0) is 18.1 Å². The summed E-state index contributed by atoms with van der Waals surface area (Å²) in [4.78, 5) is 11.8. The normalized spacial score (nSPS) is 13.6. The van der Waals surface area contributed by atoms with Crippen molar-refractivity contribution < 1.29 is 4.79 Å². The second-order valence-corrected chi connectivity index (χ2v) is 6.17. The van der Waals surface area contributed by atoms with Crippen LogP contribution >= 0.6 is 11.8 Å². The van der Waals surface area contributed by atoms with Crippen LogP contribution in [0.1, 0.15) is 16.7 Å². The molecule has 2 rings (SSSR count). The number of carbonyl (C=O) groups excluding carboxylic acids is 1. The monoisotopic (exact) mass is 300 g/mol. The Kier molecular flexibility index (Phi) is 5.04. The number of hydrogen-bond donors (Lipinski definition) is 2. The van der Waals surface area contributed by atoms with Gasteiger partial charge in [0.2, 0.25) is 5.91 Å². The van der Waals surface area contributed by atoms with Gasteiger partial charge in [-0.2, -0.15) is 11.8 Å². The lowest BCUT2D eigenvalue weighted by Crippen LogP contribution is -2.51. The molecule has 0 heterocycles. The molecule has 0 aliphatic carbocycles. The van der Waals surface area contributed by atoms with E-state index in [2.05, 4.69) is 25.1 Å². The third-order valence-corrected chi connectivity index (χ3v) is 4.61. The van der Waals surface area contributed by atoms with E-state index in [1.807, 2.05) is 36.4 Å². The Labute approximate surface area is 129 Å². The van der Waals surface area contributed by atoms with Crippen molar-refractivity contribution in [3.63, 3.8) is 0 Å². The van der Waals surface area contributed by atoms with Gasteiger partial charge < -0.3 is 11.5 Å². The lowest BCUT2D eigenvalue weighted by Gasteiger charge is -2.26. The van der Waals surface area contributed by atoms with E-state index in [4.69, 9.17) is 11.5 Å². The van der Waals surface area contributed by atoms with Crippen LogP contribution in [0.25, 0.3) is 0 Å². The minimum Gasteiger partial charge on any atom is -0.368 e. The Morgan fingerprint density at radius 2 is 1.86 bits per heavy atom. The summed E-state index contributed by atoms with van der Waals surface area (Å²) < 4.78 is 0. The number of nitrogens with two attached hydrogens (primary N) is 2. The molecule has 110 valence electrons. The van der Waals surface area contributed by atoms with Crippen LogP contribution in [0.2, 0.25) is 0 Å². The minimum atomic E-state index is -1.13. The number of thioether (sulfide) groups is 1. The highest BCUT2D eigenvalue weighted by molar-refractivity contribution is 7.98.